The van der Waals surface area contributed by atoms with Gasteiger partial charge in [-0.25, -0.2) is 0 Å². The van der Waals surface area contributed by atoms with Gasteiger partial charge in [0.05, 0.1) is 18.6 Å². The van der Waals surface area contributed by atoms with Gasteiger partial charge in [-0.2, -0.15) is 0 Å². The first kappa shape index (κ1) is 13.6. The van der Waals surface area contributed by atoms with Crippen LogP contribution in [0.4, 0.5) is 0 Å². The van der Waals surface area contributed by atoms with Crippen molar-refractivity contribution >= 4 is 11.8 Å². The summed E-state index contributed by atoms with van der Waals surface area (Å²) in [6.07, 6.45) is -0.0681. The molecule has 102 valence electrons. The van der Waals surface area contributed by atoms with Gasteiger partial charge in [0.1, 0.15) is 11.9 Å². The Morgan fingerprint density at radius 1 is 1.37 bits per heavy atom. The average molecular weight is 262 g/mol. The van der Waals surface area contributed by atoms with Crippen LogP contribution in [0.25, 0.3) is 0 Å². The number of hydrogen-bond donors (Lipinski definition) is 0. The fraction of sp³-hybridized carbons (Fsp3) is 0.467. The van der Waals surface area contributed by atoms with Gasteiger partial charge in [0.2, 0.25) is 0 Å². The van der Waals surface area contributed by atoms with Crippen molar-refractivity contribution in [2.24, 2.45) is 0 Å². The van der Waals surface area contributed by atoms with Gasteiger partial charge in [-0.05, 0) is 44.0 Å². The zero-order valence-electron chi connectivity index (χ0n) is 11.5. The van der Waals surface area contributed by atoms with E-state index in [1.807, 2.05) is 26.0 Å². The summed E-state index contributed by atoms with van der Waals surface area (Å²) in [7, 11) is 0. The molecule has 0 fully saturated rings. The largest absolute Gasteiger partial charge is 0.489 e. The summed E-state index contributed by atoms with van der Waals surface area (Å²) in [5, 5.41) is 0. The Morgan fingerprint density at radius 3 is 2.74 bits per heavy atom. The lowest BCUT2D eigenvalue weighted by Crippen LogP contribution is -2.30. The molecule has 0 aromatic heterocycles. The molecule has 1 aromatic carbocycles. The summed E-state index contributed by atoms with van der Waals surface area (Å²) in [6, 6.07) is 3.72. The van der Waals surface area contributed by atoms with Crippen molar-refractivity contribution in [3.8, 4) is 5.75 Å². The first-order valence-electron chi connectivity index (χ1n) is 6.48. The molecular weight excluding hydrogens is 244 g/mol. The van der Waals surface area contributed by atoms with Crippen molar-refractivity contribution in [3.05, 3.63) is 28.8 Å². The molecule has 1 atom stereocenters. The number of hydrogen-bond acceptors (Lipinski definition) is 4. The predicted octanol–water partition coefficient (Wildman–Crippen LogP) is 2.59. The third-order valence-corrected chi connectivity index (χ3v) is 3.30. The second kappa shape index (κ2) is 5.43. The normalized spacial score (nSPS) is 17.6. The highest BCUT2D eigenvalue weighted by Gasteiger charge is 2.28. The number of aryl methyl sites for hydroxylation is 2. The van der Waals surface area contributed by atoms with E-state index >= 15 is 0 Å². The van der Waals surface area contributed by atoms with Crippen molar-refractivity contribution in [1.82, 2.24) is 0 Å². The number of ketones is 1. The summed E-state index contributed by atoms with van der Waals surface area (Å²) < 4.78 is 10.6. The smallest absolute Gasteiger partial charge is 0.309 e. The Balaban J connectivity index is 2.17. The van der Waals surface area contributed by atoms with E-state index in [0.717, 1.165) is 11.1 Å². The van der Waals surface area contributed by atoms with Gasteiger partial charge < -0.3 is 9.47 Å². The average Bonchev–Trinajstić information content (AvgIpc) is 2.32. The molecule has 0 amide bonds. The van der Waals surface area contributed by atoms with E-state index in [-0.39, 0.29) is 24.6 Å². The first-order chi connectivity index (χ1) is 9.01. The molecule has 0 aliphatic carbocycles. The molecule has 2 rings (SSSR count). The highest BCUT2D eigenvalue weighted by atomic mass is 16.5. The molecule has 4 heteroatoms. The zero-order valence-corrected chi connectivity index (χ0v) is 11.5. The van der Waals surface area contributed by atoms with Crippen molar-refractivity contribution in [3.63, 3.8) is 0 Å². The molecule has 1 aliphatic heterocycles. The van der Waals surface area contributed by atoms with Crippen LogP contribution in [-0.4, -0.2) is 24.5 Å². The van der Waals surface area contributed by atoms with E-state index < -0.39 is 6.10 Å². The number of esters is 1. The van der Waals surface area contributed by atoms with E-state index in [0.29, 0.717) is 17.9 Å². The van der Waals surface area contributed by atoms with Gasteiger partial charge >= 0.3 is 5.97 Å². The van der Waals surface area contributed by atoms with Crippen LogP contribution in [0.2, 0.25) is 0 Å². The molecule has 1 aliphatic rings. The van der Waals surface area contributed by atoms with Gasteiger partial charge in [-0.1, -0.05) is 0 Å². The molecule has 19 heavy (non-hydrogen) atoms. The maximum Gasteiger partial charge on any atom is 0.309 e. The van der Waals surface area contributed by atoms with Crippen LogP contribution >= 0.6 is 0 Å². The van der Waals surface area contributed by atoms with Gasteiger partial charge in [0, 0.05) is 6.42 Å². The fourth-order valence-corrected chi connectivity index (χ4v) is 2.16. The van der Waals surface area contributed by atoms with E-state index in [1.165, 1.54) is 0 Å². The van der Waals surface area contributed by atoms with E-state index in [4.69, 9.17) is 9.47 Å². The monoisotopic (exact) mass is 262 g/mol. The molecule has 0 N–H and O–H groups in total. The first-order valence-corrected chi connectivity index (χ1v) is 6.48. The predicted molar refractivity (Wildman–Crippen MR) is 70.5 cm³/mol. The van der Waals surface area contributed by atoms with Gasteiger partial charge in [-0.3, -0.25) is 9.59 Å². The fourth-order valence-electron chi connectivity index (χ4n) is 2.16. The Bertz CT molecular complexity index is 519. The maximum atomic E-state index is 12.1. The highest BCUT2D eigenvalue weighted by molar-refractivity contribution is 6.00. The SMILES string of the molecule is CCOC(=O)CC1CC(=O)c2cc(C)c(C)cc2O1. The topological polar surface area (TPSA) is 52.6 Å². The molecule has 0 spiro atoms. The maximum absolute atomic E-state index is 12.1. The van der Waals surface area contributed by atoms with Crippen LogP contribution in [0.15, 0.2) is 12.1 Å². The van der Waals surface area contributed by atoms with E-state index in [9.17, 15) is 9.59 Å². The Kier molecular flexibility index (Phi) is 3.88. The summed E-state index contributed by atoms with van der Waals surface area (Å²) in [5.41, 5.74) is 2.76. The van der Waals surface area contributed by atoms with Gasteiger partial charge in [-0.15, -0.1) is 0 Å². The molecule has 0 radical (unpaired) electrons. The van der Waals surface area contributed by atoms with Crippen molar-refractivity contribution < 1.29 is 19.1 Å². The second-order valence-corrected chi connectivity index (χ2v) is 4.81. The number of carbonyl (C=O) groups excluding carboxylic acids is 2. The zero-order chi connectivity index (χ0) is 14.0. The number of Topliss-reactive ketones (excluding diaryl/α,β-unsaturated/α-hetero) is 1. The van der Waals surface area contributed by atoms with Crippen LogP contribution in [0, 0.1) is 13.8 Å². The molecule has 4 nitrogen and oxygen atoms in total. The van der Waals surface area contributed by atoms with Crippen LogP contribution < -0.4 is 4.74 Å². The lowest BCUT2D eigenvalue weighted by Gasteiger charge is -2.25. The Labute approximate surface area is 112 Å². The van der Waals surface area contributed by atoms with Gasteiger partial charge in [0.25, 0.3) is 0 Å². The van der Waals surface area contributed by atoms with Crippen molar-refractivity contribution in [2.45, 2.75) is 39.7 Å². The summed E-state index contributed by atoms with van der Waals surface area (Å²) in [5.74, 6) is 0.278. The second-order valence-electron chi connectivity index (χ2n) is 4.81. The lowest BCUT2D eigenvalue weighted by atomic mass is 9.95. The standard InChI is InChI=1S/C15H18O4/c1-4-18-15(17)8-11-7-13(16)12-5-9(2)10(3)6-14(12)19-11/h5-6,11H,4,7-8H2,1-3H3. The Hall–Kier alpha value is -1.84. The number of ether oxygens (including phenoxy) is 2. The van der Waals surface area contributed by atoms with E-state index in [2.05, 4.69) is 0 Å². The third kappa shape index (κ3) is 2.95. The van der Waals surface area contributed by atoms with Gasteiger partial charge in [0.15, 0.2) is 5.78 Å². The van der Waals surface area contributed by atoms with E-state index in [1.54, 1.807) is 6.92 Å². The number of rotatable bonds is 3. The summed E-state index contributed by atoms with van der Waals surface area (Å²) >= 11 is 0. The van der Waals surface area contributed by atoms with Crippen LogP contribution in [-0.2, 0) is 9.53 Å². The molecule has 1 heterocycles. The minimum atomic E-state index is -0.416. The molecular formula is C15H18O4. The molecule has 0 saturated carbocycles. The van der Waals surface area contributed by atoms with Crippen molar-refractivity contribution in [1.29, 1.82) is 0 Å². The summed E-state index contributed by atoms with van der Waals surface area (Å²) in [4.78, 5) is 23.5. The minimum Gasteiger partial charge on any atom is -0.489 e. The minimum absolute atomic E-state index is 0.0265. The quantitative estimate of drug-likeness (QED) is 0.786. The van der Waals surface area contributed by atoms with Crippen molar-refractivity contribution in [2.75, 3.05) is 6.61 Å². The number of fused-ring (bicyclic) bond motifs is 1. The van der Waals surface area contributed by atoms with Crippen LogP contribution in [0.5, 0.6) is 5.75 Å². The summed E-state index contributed by atoms with van der Waals surface area (Å²) in [6.45, 7) is 6.03. The Morgan fingerprint density at radius 2 is 2.05 bits per heavy atom. The molecule has 0 saturated heterocycles. The molecule has 1 unspecified atom stereocenters. The molecule has 0 bridgehead atoms. The lowest BCUT2D eigenvalue weighted by molar-refractivity contribution is -0.144. The van der Waals surface area contributed by atoms with Crippen LogP contribution in [0.1, 0.15) is 41.3 Å². The number of benzene rings is 1. The number of carbonyl (C=O) groups is 2. The molecule has 1 aromatic rings. The highest BCUT2D eigenvalue weighted by Crippen LogP contribution is 2.31. The third-order valence-electron chi connectivity index (χ3n) is 3.30. The van der Waals surface area contributed by atoms with Crippen LogP contribution in [0.3, 0.4) is 0 Å².